The van der Waals surface area contributed by atoms with Gasteiger partial charge in [0.1, 0.15) is 11.6 Å². The topological polar surface area (TPSA) is 88.8 Å². The second kappa shape index (κ2) is 11.4. The molecule has 0 radical (unpaired) electrons. The maximum Gasteiger partial charge on any atom is 0.255 e. The van der Waals surface area contributed by atoms with E-state index in [-0.39, 0.29) is 22.9 Å². The van der Waals surface area contributed by atoms with Crippen molar-refractivity contribution in [3.8, 4) is 5.75 Å². The minimum atomic E-state index is -0.323. The lowest BCUT2D eigenvalue weighted by molar-refractivity contribution is -0.0292. The molecule has 0 spiro atoms. The van der Waals surface area contributed by atoms with Crippen molar-refractivity contribution < 1.29 is 18.7 Å². The van der Waals surface area contributed by atoms with Gasteiger partial charge in [-0.3, -0.25) is 9.69 Å². The third-order valence-electron chi connectivity index (χ3n) is 4.90. The SMILES string of the molecule is CCOc1cc(NC(N)=S)c(Cl)cc1C(=O)NCC1CN(Cc2ccc(F)cc2)CCO1. The lowest BCUT2D eigenvalue weighted by Crippen LogP contribution is -2.47. The Balaban J connectivity index is 1.61. The summed E-state index contributed by atoms with van der Waals surface area (Å²) in [5.41, 5.74) is 7.32. The van der Waals surface area contributed by atoms with Gasteiger partial charge < -0.3 is 25.8 Å². The van der Waals surface area contributed by atoms with Gasteiger partial charge in [-0.25, -0.2) is 4.39 Å². The molecule has 1 amide bonds. The number of hydrogen-bond acceptors (Lipinski definition) is 5. The summed E-state index contributed by atoms with van der Waals surface area (Å²) in [6, 6.07) is 9.58. The number of halogens is 2. The van der Waals surface area contributed by atoms with Crippen molar-refractivity contribution in [3.63, 3.8) is 0 Å². The summed E-state index contributed by atoms with van der Waals surface area (Å²) in [6.07, 6.45) is -0.172. The van der Waals surface area contributed by atoms with Gasteiger partial charge >= 0.3 is 0 Å². The molecule has 172 valence electrons. The second-order valence-electron chi connectivity index (χ2n) is 7.31. The van der Waals surface area contributed by atoms with Crippen molar-refractivity contribution in [2.75, 3.05) is 38.2 Å². The second-order valence-corrected chi connectivity index (χ2v) is 8.16. The molecule has 4 N–H and O–H groups in total. The van der Waals surface area contributed by atoms with Gasteiger partial charge in [0.05, 0.1) is 35.6 Å². The van der Waals surface area contributed by atoms with Crippen LogP contribution in [0.3, 0.4) is 0 Å². The van der Waals surface area contributed by atoms with Gasteiger partial charge in [-0.05, 0) is 42.9 Å². The van der Waals surface area contributed by atoms with E-state index in [1.54, 1.807) is 18.2 Å². The Bertz CT molecular complexity index is 961. The molecule has 3 rings (SSSR count). The first-order chi connectivity index (χ1) is 15.4. The van der Waals surface area contributed by atoms with E-state index >= 15 is 0 Å². The standard InChI is InChI=1S/C22H26ClFN4O3S/c1-2-30-20-10-19(27-22(25)32)18(23)9-17(20)21(29)26-11-16-13-28(7-8-31-16)12-14-3-5-15(24)6-4-14/h3-6,9-10,16H,2,7-8,11-13H2,1H3,(H,26,29)(H3,25,27,32). The Labute approximate surface area is 197 Å². The summed E-state index contributed by atoms with van der Waals surface area (Å²) >= 11 is 11.1. The summed E-state index contributed by atoms with van der Waals surface area (Å²) < 4.78 is 24.5. The maximum atomic E-state index is 13.1. The molecule has 1 saturated heterocycles. The minimum absolute atomic E-state index is 0.0613. The summed E-state index contributed by atoms with van der Waals surface area (Å²) in [6.45, 7) is 5.18. The highest BCUT2D eigenvalue weighted by atomic mass is 35.5. The van der Waals surface area contributed by atoms with Gasteiger partial charge in [-0.1, -0.05) is 23.7 Å². The predicted molar refractivity (Wildman–Crippen MR) is 127 cm³/mol. The molecule has 0 aliphatic carbocycles. The smallest absolute Gasteiger partial charge is 0.255 e. The molecule has 1 heterocycles. The van der Waals surface area contributed by atoms with Crippen LogP contribution in [-0.2, 0) is 11.3 Å². The van der Waals surface area contributed by atoms with Crippen LogP contribution in [0.4, 0.5) is 10.1 Å². The van der Waals surface area contributed by atoms with Gasteiger partial charge in [-0.15, -0.1) is 0 Å². The van der Waals surface area contributed by atoms with Gasteiger partial charge in [0.25, 0.3) is 5.91 Å². The summed E-state index contributed by atoms with van der Waals surface area (Å²) in [7, 11) is 0. The molecule has 1 aliphatic heterocycles. The van der Waals surface area contributed by atoms with E-state index in [1.165, 1.54) is 18.2 Å². The number of ether oxygens (including phenoxy) is 2. The van der Waals surface area contributed by atoms with E-state index in [9.17, 15) is 9.18 Å². The van der Waals surface area contributed by atoms with E-state index in [2.05, 4.69) is 15.5 Å². The Morgan fingerprint density at radius 2 is 2.12 bits per heavy atom. The number of anilines is 1. The van der Waals surface area contributed by atoms with Gasteiger partial charge in [-0.2, -0.15) is 0 Å². The monoisotopic (exact) mass is 480 g/mol. The number of rotatable bonds is 8. The number of hydrogen-bond donors (Lipinski definition) is 3. The van der Waals surface area contributed by atoms with Crippen LogP contribution in [0.2, 0.25) is 5.02 Å². The molecule has 0 aromatic heterocycles. The van der Waals surface area contributed by atoms with Crippen molar-refractivity contribution in [2.24, 2.45) is 5.73 Å². The number of nitrogens with one attached hydrogen (secondary N) is 2. The number of amides is 1. The van der Waals surface area contributed by atoms with Gasteiger partial charge in [0, 0.05) is 32.2 Å². The molecule has 0 bridgehead atoms. The summed E-state index contributed by atoms with van der Waals surface area (Å²) in [5, 5.41) is 6.02. The van der Waals surface area contributed by atoms with Crippen LogP contribution in [0.15, 0.2) is 36.4 Å². The highest BCUT2D eigenvalue weighted by Gasteiger charge is 2.23. The number of benzene rings is 2. The largest absolute Gasteiger partial charge is 0.493 e. The van der Waals surface area contributed by atoms with E-state index in [1.807, 2.05) is 6.92 Å². The van der Waals surface area contributed by atoms with Crippen LogP contribution in [0, 0.1) is 5.82 Å². The average molecular weight is 481 g/mol. The molecular formula is C22H26ClFN4O3S. The van der Waals surface area contributed by atoms with E-state index in [0.29, 0.717) is 54.9 Å². The Morgan fingerprint density at radius 1 is 1.38 bits per heavy atom. The molecular weight excluding hydrogens is 455 g/mol. The average Bonchev–Trinajstić information content (AvgIpc) is 2.76. The molecule has 32 heavy (non-hydrogen) atoms. The van der Waals surface area contributed by atoms with Crippen molar-refractivity contribution in [2.45, 2.75) is 19.6 Å². The van der Waals surface area contributed by atoms with Crippen LogP contribution in [-0.4, -0.2) is 54.9 Å². The predicted octanol–water partition coefficient (Wildman–Crippen LogP) is 3.16. The molecule has 1 unspecified atom stereocenters. The minimum Gasteiger partial charge on any atom is -0.493 e. The maximum absolute atomic E-state index is 13.1. The Morgan fingerprint density at radius 3 is 2.81 bits per heavy atom. The molecule has 1 fully saturated rings. The molecule has 10 heteroatoms. The first-order valence-corrected chi connectivity index (χ1v) is 11.0. The van der Waals surface area contributed by atoms with Crippen LogP contribution < -0.4 is 21.1 Å². The number of nitrogens with zero attached hydrogens (tertiary/aromatic N) is 1. The number of carbonyl (C=O) groups excluding carboxylic acids is 1. The van der Waals surface area contributed by atoms with Crippen molar-refractivity contribution in [1.29, 1.82) is 0 Å². The zero-order valence-corrected chi connectivity index (χ0v) is 19.3. The van der Waals surface area contributed by atoms with Crippen molar-refractivity contribution in [1.82, 2.24) is 10.2 Å². The number of thiocarbonyl (C=S) groups is 1. The molecule has 0 saturated carbocycles. The van der Waals surface area contributed by atoms with Crippen molar-refractivity contribution in [3.05, 3.63) is 58.4 Å². The first kappa shape index (κ1) is 24.2. The third kappa shape index (κ3) is 6.77. The van der Waals surface area contributed by atoms with Crippen LogP contribution in [0.5, 0.6) is 5.75 Å². The molecule has 1 aliphatic rings. The molecule has 2 aromatic carbocycles. The first-order valence-electron chi connectivity index (χ1n) is 10.2. The normalized spacial score (nSPS) is 16.4. The fourth-order valence-corrected chi connectivity index (χ4v) is 3.75. The Kier molecular flexibility index (Phi) is 8.63. The summed E-state index contributed by atoms with van der Waals surface area (Å²) in [4.78, 5) is 15.1. The molecule has 7 nitrogen and oxygen atoms in total. The van der Waals surface area contributed by atoms with E-state index < -0.39 is 0 Å². The Hall–Kier alpha value is -2.46. The van der Waals surface area contributed by atoms with Gasteiger partial charge in [0.2, 0.25) is 0 Å². The lowest BCUT2D eigenvalue weighted by Gasteiger charge is -2.33. The summed E-state index contributed by atoms with van der Waals surface area (Å²) in [5.74, 6) is -0.204. The zero-order valence-electron chi connectivity index (χ0n) is 17.7. The van der Waals surface area contributed by atoms with E-state index in [0.717, 1.165) is 12.1 Å². The van der Waals surface area contributed by atoms with E-state index in [4.69, 9.17) is 39.0 Å². The third-order valence-corrected chi connectivity index (χ3v) is 5.32. The number of carbonyl (C=O) groups is 1. The quantitative estimate of drug-likeness (QED) is 0.500. The number of morpholine rings is 1. The fourth-order valence-electron chi connectivity index (χ4n) is 3.43. The van der Waals surface area contributed by atoms with Crippen molar-refractivity contribution >= 4 is 40.5 Å². The highest BCUT2D eigenvalue weighted by Crippen LogP contribution is 2.31. The van der Waals surface area contributed by atoms with Gasteiger partial charge in [0.15, 0.2) is 5.11 Å². The van der Waals surface area contributed by atoms with Crippen LogP contribution in [0.1, 0.15) is 22.8 Å². The van der Waals surface area contributed by atoms with Crippen LogP contribution in [0.25, 0.3) is 0 Å². The molecule has 2 aromatic rings. The molecule has 1 atom stereocenters. The number of nitrogens with two attached hydrogens (primary N) is 1. The van der Waals surface area contributed by atoms with Crippen LogP contribution >= 0.6 is 23.8 Å². The fraction of sp³-hybridized carbons (Fsp3) is 0.364. The highest BCUT2D eigenvalue weighted by molar-refractivity contribution is 7.80. The zero-order chi connectivity index (χ0) is 23.1. The lowest BCUT2D eigenvalue weighted by atomic mass is 10.1.